The van der Waals surface area contributed by atoms with Gasteiger partial charge in [-0.1, -0.05) is 6.92 Å². The van der Waals surface area contributed by atoms with Gasteiger partial charge in [-0.05, 0) is 74.2 Å². The molecule has 3 amide bonds. The van der Waals surface area contributed by atoms with Crippen LogP contribution < -0.4 is 16.0 Å². The third-order valence-electron chi connectivity index (χ3n) is 4.06. The van der Waals surface area contributed by atoms with Crippen molar-refractivity contribution >= 4 is 96.9 Å². The van der Waals surface area contributed by atoms with Crippen LogP contribution in [0.5, 0.6) is 0 Å². The molecule has 1 aromatic carbocycles. The van der Waals surface area contributed by atoms with Crippen molar-refractivity contribution in [1.82, 2.24) is 5.32 Å². The van der Waals surface area contributed by atoms with E-state index in [0.717, 1.165) is 0 Å². The van der Waals surface area contributed by atoms with E-state index in [1.54, 1.807) is 0 Å². The first kappa shape index (κ1) is 29.7. The molecule has 0 aliphatic heterocycles. The van der Waals surface area contributed by atoms with Gasteiger partial charge in [0.2, 0.25) is 5.91 Å². The van der Waals surface area contributed by atoms with E-state index in [-0.39, 0.29) is 39.4 Å². The van der Waals surface area contributed by atoms with Gasteiger partial charge in [0.25, 0.3) is 11.8 Å². The van der Waals surface area contributed by atoms with Crippen molar-refractivity contribution in [3.8, 4) is 0 Å². The van der Waals surface area contributed by atoms with E-state index in [1.165, 1.54) is 0 Å². The first-order chi connectivity index (χ1) is 15.0. The summed E-state index contributed by atoms with van der Waals surface area (Å²) >= 11 is 5.58. The fourth-order valence-electron chi connectivity index (χ4n) is 2.35. The number of carbonyl (C=O) groups is 3. The number of benzene rings is 1. The summed E-state index contributed by atoms with van der Waals surface area (Å²) in [6.45, 7) is 0.211. The largest absolute Gasteiger partial charge is 0.394 e. The van der Waals surface area contributed by atoms with E-state index in [0.29, 0.717) is 13.6 Å². The van der Waals surface area contributed by atoms with Crippen LogP contribution in [0.2, 0.25) is 0 Å². The van der Waals surface area contributed by atoms with Gasteiger partial charge in [0.1, 0.15) is 6.10 Å². The number of carbonyl (C=O) groups excluding carboxylic acids is 3. The van der Waals surface area contributed by atoms with Gasteiger partial charge < -0.3 is 41.5 Å². The molecule has 0 aliphatic carbocycles. The standard InChI is InChI=1S/C18H24I3N3O8/c1-2-3-9(29)23-14-11(19)10(17(31)22-4-7(27)5-25)12(20)15(13(14)21)24-18(32)16(30)8(28)6-26/h7-8,16,25-28,30H,2-6H2,1H3,(H,22,31)(H,23,29)(H,24,32). The third kappa shape index (κ3) is 7.84. The van der Waals surface area contributed by atoms with Crippen LogP contribution in [0, 0.1) is 10.7 Å². The van der Waals surface area contributed by atoms with Crippen molar-refractivity contribution in [3.05, 3.63) is 16.3 Å². The number of rotatable bonds is 11. The van der Waals surface area contributed by atoms with Crippen LogP contribution in [0.25, 0.3) is 0 Å². The van der Waals surface area contributed by atoms with Crippen LogP contribution in [0.4, 0.5) is 11.4 Å². The van der Waals surface area contributed by atoms with Gasteiger partial charge in [-0.15, -0.1) is 0 Å². The van der Waals surface area contributed by atoms with Gasteiger partial charge in [-0.3, -0.25) is 14.4 Å². The molecule has 1 rings (SSSR count). The normalized spacial score (nSPS) is 13.8. The zero-order valence-electron chi connectivity index (χ0n) is 16.9. The minimum absolute atomic E-state index is 0.0936. The van der Waals surface area contributed by atoms with Crippen LogP contribution in [-0.2, 0) is 9.59 Å². The predicted molar refractivity (Wildman–Crippen MR) is 141 cm³/mol. The molecule has 0 bridgehead atoms. The monoisotopic (exact) mass is 791 g/mol. The molecular weight excluding hydrogens is 767 g/mol. The number of nitrogens with one attached hydrogen (secondary N) is 3. The Kier molecular flexibility index (Phi) is 13.1. The van der Waals surface area contributed by atoms with Gasteiger partial charge >= 0.3 is 0 Å². The smallest absolute Gasteiger partial charge is 0.256 e. The highest BCUT2D eigenvalue weighted by molar-refractivity contribution is 14.1. The van der Waals surface area contributed by atoms with Crippen LogP contribution in [-0.4, -0.2) is 81.3 Å². The van der Waals surface area contributed by atoms with Crippen LogP contribution >= 0.6 is 67.8 Å². The third-order valence-corrected chi connectivity index (χ3v) is 7.30. The zero-order chi connectivity index (χ0) is 24.6. The van der Waals surface area contributed by atoms with Crippen LogP contribution in [0.3, 0.4) is 0 Å². The summed E-state index contributed by atoms with van der Waals surface area (Å²) in [7, 11) is 0. The van der Waals surface area contributed by atoms with Crippen LogP contribution in [0.1, 0.15) is 30.1 Å². The minimum atomic E-state index is -1.93. The number of hydrogen-bond donors (Lipinski definition) is 8. The number of amides is 3. The Hall–Kier alpha value is -0.380. The van der Waals surface area contributed by atoms with Crippen molar-refractivity contribution in [2.45, 2.75) is 38.1 Å². The van der Waals surface area contributed by atoms with Gasteiger partial charge in [0.15, 0.2) is 6.10 Å². The molecule has 3 atom stereocenters. The minimum Gasteiger partial charge on any atom is -0.394 e. The molecular formula is C18H24I3N3O8. The van der Waals surface area contributed by atoms with E-state index in [9.17, 15) is 29.7 Å². The number of halogens is 3. The molecule has 0 aromatic heterocycles. The van der Waals surface area contributed by atoms with E-state index in [1.807, 2.05) is 74.7 Å². The number of aliphatic hydroxyl groups is 5. The maximum absolute atomic E-state index is 12.8. The Bertz CT molecular complexity index is 855. The average Bonchev–Trinajstić information content (AvgIpc) is 2.76. The SMILES string of the molecule is CCCC(=O)Nc1c(I)c(NC(=O)C(O)C(O)CO)c(I)c(C(=O)NCC(O)CO)c1I. The topological polar surface area (TPSA) is 188 Å². The lowest BCUT2D eigenvalue weighted by molar-refractivity contribution is -0.131. The summed E-state index contributed by atoms with van der Waals surface area (Å²) in [4.78, 5) is 37.5. The summed E-state index contributed by atoms with van der Waals surface area (Å²) in [6.07, 6.45) is -3.99. The van der Waals surface area contributed by atoms with Gasteiger partial charge in [0, 0.05) is 13.0 Å². The lowest BCUT2D eigenvalue weighted by atomic mass is 10.1. The average molecular weight is 791 g/mol. The van der Waals surface area contributed by atoms with E-state index >= 15 is 0 Å². The van der Waals surface area contributed by atoms with Gasteiger partial charge in [0.05, 0.1) is 47.0 Å². The summed E-state index contributed by atoms with van der Waals surface area (Å²) in [5.74, 6) is -1.95. The molecule has 14 heteroatoms. The highest BCUT2D eigenvalue weighted by atomic mass is 127. The van der Waals surface area contributed by atoms with Crippen molar-refractivity contribution in [3.63, 3.8) is 0 Å². The maximum atomic E-state index is 12.8. The first-order valence-corrected chi connectivity index (χ1v) is 12.6. The molecule has 0 heterocycles. The Morgan fingerprint density at radius 1 is 0.906 bits per heavy atom. The molecule has 0 saturated carbocycles. The molecule has 1 aromatic rings. The van der Waals surface area contributed by atoms with Crippen molar-refractivity contribution < 1.29 is 39.9 Å². The quantitative estimate of drug-likeness (QED) is 0.144. The second kappa shape index (κ2) is 14.1. The second-order valence-electron chi connectivity index (χ2n) is 6.60. The molecule has 8 N–H and O–H groups in total. The molecule has 0 radical (unpaired) electrons. The summed E-state index contributed by atoms with van der Waals surface area (Å²) in [5.41, 5.74) is 0.474. The number of aliphatic hydroxyl groups excluding tert-OH is 5. The van der Waals surface area contributed by atoms with E-state index in [4.69, 9.17) is 10.2 Å². The van der Waals surface area contributed by atoms with E-state index in [2.05, 4.69) is 16.0 Å². The highest BCUT2D eigenvalue weighted by Crippen LogP contribution is 2.39. The Morgan fingerprint density at radius 2 is 1.47 bits per heavy atom. The fourth-order valence-corrected chi connectivity index (χ4v) is 6.54. The van der Waals surface area contributed by atoms with Crippen molar-refractivity contribution in [2.75, 3.05) is 30.4 Å². The fraction of sp³-hybridized carbons (Fsp3) is 0.500. The van der Waals surface area contributed by atoms with Gasteiger partial charge in [-0.2, -0.15) is 0 Å². The second-order valence-corrected chi connectivity index (χ2v) is 9.83. The molecule has 0 spiro atoms. The molecule has 0 aliphatic rings. The first-order valence-electron chi connectivity index (χ1n) is 9.35. The maximum Gasteiger partial charge on any atom is 0.256 e. The number of hydrogen-bond acceptors (Lipinski definition) is 8. The molecule has 32 heavy (non-hydrogen) atoms. The Morgan fingerprint density at radius 3 is 1.97 bits per heavy atom. The highest BCUT2D eigenvalue weighted by Gasteiger charge is 2.29. The van der Waals surface area contributed by atoms with E-state index < -0.39 is 43.3 Å². The lowest BCUT2D eigenvalue weighted by Crippen LogP contribution is -2.40. The lowest BCUT2D eigenvalue weighted by Gasteiger charge is -2.22. The Labute approximate surface area is 225 Å². The zero-order valence-corrected chi connectivity index (χ0v) is 23.3. The Balaban J connectivity index is 3.51. The van der Waals surface area contributed by atoms with Crippen molar-refractivity contribution in [1.29, 1.82) is 0 Å². The summed E-state index contributed by atoms with van der Waals surface area (Å²) in [6, 6.07) is 0. The summed E-state index contributed by atoms with van der Waals surface area (Å²) < 4.78 is 1.04. The number of anilines is 2. The summed E-state index contributed by atoms with van der Waals surface area (Å²) in [5, 5.41) is 54.5. The van der Waals surface area contributed by atoms with Crippen LogP contribution in [0.15, 0.2) is 0 Å². The van der Waals surface area contributed by atoms with Gasteiger partial charge in [-0.25, -0.2) is 0 Å². The predicted octanol–water partition coefficient (Wildman–Crippen LogP) is -0.0254. The molecule has 0 saturated heterocycles. The molecule has 3 unspecified atom stereocenters. The molecule has 11 nitrogen and oxygen atoms in total. The molecule has 180 valence electrons. The van der Waals surface area contributed by atoms with Crippen molar-refractivity contribution in [2.24, 2.45) is 0 Å². The molecule has 0 fully saturated rings.